The number of likely N-dealkylation sites (tertiary alicyclic amines) is 1. The van der Waals surface area contributed by atoms with Crippen molar-refractivity contribution in [3.8, 4) is 5.75 Å². The van der Waals surface area contributed by atoms with Gasteiger partial charge in [-0.3, -0.25) is 4.79 Å². The fourth-order valence-corrected chi connectivity index (χ4v) is 3.60. The Bertz CT molecular complexity index is 673. The third-order valence-electron chi connectivity index (χ3n) is 4.83. The van der Waals surface area contributed by atoms with Crippen molar-refractivity contribution in [3.05, 3.63) is 29.3 Å². The summed E-state index contributed by atoms with van der Waals surface area (Å²) in [5.41, 5.74) is 0.753. The van der Waals surface area contributed by atoms with Crippen molar-refractivity contribution in [3.63, 3.8) is 0 Å². The number of aliphatic hydroxyl groups is 1. The van der Waals surface area contributed by atoms with Gasteiger partial charge in [0.2, 0.25) is 5.91 Å². The molecule has 2 aliphatic rings. The van der Waals surface area contributed by atoms with Crippen molar-refractivity contribution in [2.24, 2.45) is 0 Å². The van der Waals surface area contributed by atoms with E-state index in [1.807, 2.05) is 32.0 Å². The van der Waals surface area contributed by atoms with Crippen LogP contribution in [-0.2, 0) is 9.53 Å². The van der Waals surface area contributed by atoms with E-state index in [0.29, 0.717) is 23.8 Å². The average molecular weight is 349 g/mol. The van der Waals surface area contributed by atoms with Crippen molar-refractivity contribution in [1.82, 2.24) is 4.90 Å². The Kier molecular flexibility index (Phi) is 4.53. The lowest BCUT2D eigenvalue weighted by molar-refractivity contribution is -0.147. The minimum absolute atomic E-state index is 0.0775. The van der Waals surface area contributed by atoms with Gasteiger partial charge in [-0.25, -0.2) is 0 Å². The van der Waals surface area contributed by atoms with Gasteiger partial charge in [-0.15, -0.1) is 0 Å². The summed E-state index contributed by atoms with van der Waals surface area (Å²) in [7, 11) is 1.53. The molecule has 2 atom stereocenters. The number of amides is 1. The summed E-state index contributed by atoms with van der Waals surface area (Å²) in [6.45, 7) is 4.33. The minimum Gasteiger partial charge on any atom is -0.486 e. The predicted octanol–water partition coefficient (Wildman–Crippen LogP) is 2.59. The second kappa shape index (κ2) is 6.33. The van der Waals surface area contributed by atoms with Crippen LogP contribution in [0.4, 0.5) is 0 Å². The van der Waals surface area contributed by atoms with Crippen LogP contribution in [0.1, 0.15) is 50.3 Å². The molecule has 1 fully saturated rings. The Labute approximate surface area is 147 Å². The van der Waals surface area contributed by atoms with Crippen LogP contribution in [0.3, 0.4) is 0 Å². The fourth-order valence-electron chi connectivity index (χ4n) is 3.47. The number of hydrogen-bond acceptors (Lipinski definition) is 5. The zero-order valence-electron chi connectivity index (χ0n) is 14.2. The Hall–Kier alpha value is -1.66. The third kappa shape index (κ3) is 2.89. The third-order valence-corrected chi connectivity index (χ3v) is 5.23. The quantitative estimate of drug-likeness (QED) is 0.832. The number of rotatable bonds is 2. The van der Waals surface area contributed by atoms with Crippen molar-refractivity contribution >= 4 is 23.2 Å². The molecule has 1 saturated heterocycles. The number of hydrogen-bond donors (Lipinski definition) is 1. The summed E-state index contributed by atoms with van der Waals surface area (Å²) in [5.74, 6) is 0.755. The van der Waals surface area contributed by atoms with Crippen molar-refractivity contribution in [1.29, 1.82) is 0 Å². The standard InChI is InChI=1S/C18H23NO4S/c1-18(2)16(21)15(19-9-5-4-6-14(19)20)12-10-11(17(24)22-3)7-8-13(12)23-18/h7-8,10,15-16,21H,4-6,9H2,1-3H3/t15-,16+/m1/s1. The van der Waals surface area contributed by atoms with Gasteiger partial charge in [-0.2, -0.15) is 0 Å². The molecule has 0 aromatic heterocycles. The molecule has 5 nitrogen and oxygen atoms in total. The van der Waals surface area contributed by atoms with E-state index in [2.05, 4.69) is 0 Å². The molecule has 24 heavy (non-hydrogen) atoms. The minimum atomic E-state index is -0.821. The topological polar surface area (TPSA) is 59.0 Å². The molecule has 1 aromatic carbocycles. The molecule has 3 rings (SSSR count). The number of carbonyl (C=O) groups is 1. The molecule has 1 aromatic rings. The largest absolute Gasteiger partial charge is 0.486 e. The van der Waals surface area contributed by atoms with E-state index in [9.17, 15) is 9.90 Å². The van der Waals surface area contributed by atoms with Gasteiger partial charge < -0.3 is 19.5 Å². The van der Waals surface area contributed by atoms with Crippen LogP contribution in [-0.4, -0.2) is 46.3 Å². The molecule has 1 N–H and O–H groups in total. The molecule has 6 heteroatoms. The van der Waals surface area contributed by atoms with Crippen molar-refractivity contribution in [2.45, 2.75) is 50.9 Å². The number of aliphatic hydroxyl groups excluding tert-OH is 1. The van der Waals surface area contributed by atoms with Gasteiger partial charge in [0.15, 0.2) is 5.05 Å². The summed E-state index contributed by atoms with van der Waals surface area (Å²) in [6.07, 6.45) is 1.55. The number of carbonyl (C=O) groups excluding carboxylic acids is 1. The smallest absolute Gasteiger partial charge is 0.223 e. The van der Waals surface area contributed by atoms with Gasteiger partial charge in [0.1, 0.15) is 17.5 Å². The monoisotopic (exact) mass is 349 g/mol. The molecule has 0 saturated carbocycles. The highest BCUT2D eigenvalue weighted by atomic mass is 32.1. The molecule has 2 heterocycles. The van der Waals surface area contributed by atoms with Gasteiger partial charge in [-0.05, 0) is 57.1 Å². The highest BCUT2D eigenvalue weighted by molar-refractivity contribution is 7.80. The summed E-state index contributed by atoms with van der Waals surface area (Å²) >= 11 is 5.21. The zero-order chi connectivity index (χ0) is 17.5. The number of fused-ring (bicyclic) bond motifs is 1. The van der Waals surface area contributed by atoms with Gasteiger partial charge >= 0.3 is 0 Å². The first kappa shape index (κ1) is 17.2. The molecule has 0 aliphatic carbocycles. The maximum atomic E-state index is 12.5. The van der Waals surface area contributed by atoms with Crippen molar-refractivity contribution in [2.75, 3.05) is 13.7 Å². The van der Waals surface area contributed by atoms with E-state index in [-0.39, 0.29) is 5.91 Å². The van der Waals surface area contributed by atoms with E-state index >= 15 is 0 Å². The van der Waals surface area contributed by atoms with E-state index < -0.39 is 17.7 Å². The van der Waals surface area contributed by atoms with Gasteiger partial charge in [0, 0.05) is 24.1 Å². The lowest BCUT2D eigenvalue weighted by Crippen LogP contribution is -2.55. The normalized spacial score (nSPS) is 25.7. The summed E-state index contributed by atoms with van der Waals surface area (Å²) in [6, 6.07) is 5.11. The second-order valence-electron chi connectivity index (χ2n) is 6.88. The molecule has 1 amide bonds. The van der Waals surface area contributed by atoms with Crippen LogP contribution in [0.25, 0.3) is 0 Å². The molecule has 0 spiro atoms. The zero-order valence-corrected chi connectivity index (χ0v) is 15.1. The summed E-state index contributed by atoms with van der Waals surface area (Å²) in [4.78, 5) is 14.2. The number of thiocarbonyl (C=S) groups is 1. The lowest BCUT2D eigenvalue weighted by atomic mass is 9.84. The number of benzene rings is 1. The van der Waals surface area contributed by atoms with Crippen molar-refractivity contribution < 1.29 is 19.4 Å². The lowest BCUT2D eigenvalue weighted by Gasteiger charge is -2.47. The van der Waals surface area contributed by atoms with Crippen LogP contribution in [0, 0.1) is 0 Å². The van der Waals surface area contributed by atoms with Crippen LogP contribution >= 0.6 is 12.2 Å². The Morgan fingerprint density at radius 2 is 2.17 bits per heavy atom. The van der Waals surface area contributed by atoms with Crippen LogP contribution in [0.2, 0.25) is 0 Å². The SMILES string of the molecule is COC(=S)c1ccc2c(c1)[C@@H](N1CCCCC1=O)[C@H](O)C(C)(C)O2. The first-order valence-electron chi connectivity index (χ1n) is 8.24. The molecule has 0 unspecified atom stereocenters. The Morgan fingerprint density at radius 3 is 2.83 bits per heavy atom. The van der Waals surface area contributed by atoms with Crippen LogP contribution in [0.5, 0.6) is 5.75 Å². The summed E-state index contributed by atoms with van der Waals surface area (Å²) < 4.78 is 11.1. The van der Waals surface area contributed by atoms with Gasteiger partial charge in [0.25, 0.3) is 0 Å². The molecule has 0 radical (unpaired) electrons. The molecule has 0 bridgehead atoms. The van der Waals surface area contributed by atoms with Crippen LogP contribution in [0.15, 0.2) is 18.2 Å². The molecular weight excluding hydrogens is 326 g/mol. The van der Waals surface area contributed by atoms with E-state index in [0.717, 1.165) is 24.0 Å². The number of methoxy groups -OCH3 is 1. The number of piperidine rings is 1. The van der Waals surface area contributed by atoms with Crippen LogP contribution < -0.4 is 4.74 Å². The highest BCUT2D eigenvalue weighted by Gasteiger charge is 2.47. The Balaban J connectivity index is 2.09. The second-order valence-corrected chi connectivity index (χ2v) is 7.25. The highest BCUT2D eigenvalue weighted by Crippen LogP contribution is 2.44. The fraction of sp³-hybridized carbons (Fsp3) is 0.556. The first-order valence-corrected chi connectivity index (χ1v) is 8.65. The van der Waals surface area contributed by atoms with E-state index in [1.54, 1.807) is 4.90 Å². The predicted molar refractivity (Wildman–Crippen MR) is 94.2 cm³/mol. The Morgan fingerprint density at radius 1 is 1.42 bits per heavy atom. The molecule has 2 aliphatic heterocycles. The molecule has 130 valence electrons. The number of nitrogens with zero attached hydrogens (tertiary/aromatic N) is 1. The maximum absolute atomic E-state index is 12.5. The maximum Gasteiger partial charge on any atom is 0.223 e. The van der Waals surface area contributed by atoms with E-state index in [1.165, 1.54) is 7.11 Å². The van der Waals surface area contributed by atoms with Gasteiger partial charge in [-0.1, -0.05) is 0 Å². The van der Waals surface area contributed by atoms with Gasteiger partial charge in [0.05, 0.1) is 13.2 Å². The molecular formula is C18H23NO4S. The summed E-state index contributed by atoms with van der Waals surface area (Å²) in [5, 5.41) is 11.3. The number of ether oxygens (including phenoxy) is 2. The first-order chi connectivity index (χ1) is 11.3. The average Bonchev–Trinajstić information content (AvgIpc) is 2.56. The van der Waals surface area contributed by atoms with E-state index in [4.69, 9.17) is 21.7 Å².